The number of piperazine rings is 2. The van der Waals surface area contributed by atoms with Crippen LogP contribution < -0.4 is 10.6 Å². The second kappa shape index (κ2) is 2.79. The normalized spacial score (nSPS) is 32.7. The monoisotopic (exact) mass is 155 g/mol. The molecule has 11 heavy (non-hydrogen) atoms. The van der Waals surface area contributed by atoms with Crippen molar-refractivity contribution in [3.05, 3.63) is 0 Å². The number of hydrogen-bond donors (Lipinski definition) is 2. The first-order valence-electron chi connectivity index (χ1n) is 4.10. The zero-order valence-electron chi connectivity index (χ0n) is 6.47. The molecule has 0 unspecified atom stereocenters. The van der Waals surface area contributed by atoms with E-state index in [-0.39, 0.29) is 11.9 Å². The van der Waals surface area contributed by atoms with Gasteiger partial charge >= 0.3 is 0 Å². The molecule has 0 aromatic carbocycles. The van der Waals surface area contributed by atoms with Crippen LogP contribution in [0.5, 0.6) is 0 Å². The molecule has 0 aromatic rings. The van der Waals surface area contributed by atoms with Crippen LogP contribution in [0.2, 0.25) is 0 Å². The Hall–Kier alpha value is -0.610. The van der Waals surface area contributed by atoms with Gasteiger partial charge in [-0.2, -0.15) is 0 Å². The van der Waals surface area contributed by atoms with Crippen LogP contribution >= 0.6 is 0 Å². The van der Waals surface area contributed by atoms with Gasteiger partial charge in [-0.05, 0) is 0 Å². The lowest BCUT2D eigenvalue weighted by atomic mass is 10.1. The first-order chi connectivity index (χ1) is 5.38. The Bertz CT molecular complexity index is 169. The van der Waals surface area contributed by atoms with Gasteiger partial charge in [-0.1, -0.05) is 0 Å². The first-order valence-corrected chi connectivity index (χ1v) is 4.10. The average molecular weight is 155 g/mol. The van der Waals surface area contributed by atoms with E-state index >= 15 is 0 Å². The highest BCUT2D eigenvalue weighted by Gasteiger charge is 2.30. The molecule has 2 saturated heterocycles. The molecule has 0 saturated carbocycles. The van der Waals surface area contributed by atoms with Gasteiger partial charge in [0, 0.05) is 32.7 Å². The molecule has 2 rings (SSSR count). The number of amides is 1. The fourth-order valence-corrected chi connectivity index (χ4v) is 1.71. The molecule has 2 aliphatic rings. The molecular weight excluding hydrogens is 142 g/mol. The highest BCUT2D eigenvalue weighted by Crippen LogP contribution is 2.05. The zero-order valence-corrected chi connectivity index (χ0v) is 6.47. The Balaban J connectivity index is 2.05. The summed E-state index contributed by atoms with van der Waals surface area (Å²) in [7, 11) is 0. The molecule has 0 radical (unpaired) electrons. The van der Waals surface area contributed by atoms with Crippen molar-refractivity contribution in [1.82, 2.24) is 15.5 Å². The van der Waals surface area contributed by atoms with Crippen molar-refractivity contribution in [1.29, 1.82) is 0 Å². The minimum Gasteiger partial charge on any atom is -0.353 e. The van der Waals surface area contributed by atoms with Crippen LogP contribution in [0.25, 0.3) is 0 Å². The summed E-state index contributed by atoms with van der Waals surface area (Å²) in [5.41, 5.74) is 0. The van der Waals surface area contributed by atoms with E-state index in [1.807, 2.05) is 0 Å². The molecule has 2 heterocycles. The van der Waals surface area contributed by atoms with Crippen molar-refractivity contribution in [2.45, 2.75) is 6.04 Å². The van der Waals surface area contributed by atoms with Gasteiger partial charge < -0.3 is 10.6 Å². The van der Waals surface area contributed by atoms with E-state index in [1.165, 1.54) is 0 Å². The molecule has 0 aliphatic carbocycles. The van der Waals surface area contributed by atoms with Gasteiger partial charge in [0.25, 0.3) is 0 Å². The fraction of sp³-hybridized carbons (Fsp3) is 0.857. The minimum absolute atomic E-state index is 0.0949. The van der Waals surface area contributed by atoms with Gasteiger partial charge in [0.05, 0.1) is 0 Å². The van der Waals surface area contributed by atoms with Gasteiger partial charge in [0.1, 0.15) is 6.04 Å². The summed E-state index contributed by atoms with van der Waals surface area (Å²) in [6, 6.07) is 0.0949. The summed E-state index contributed by atoms with van der Waals surface area (Å²) in [4.78, 5) is 13.5. The van der Waals surface area contributed by atoms with E-state index in [0.29, 0.717) is 0 Å². The molecule has 62 valence electrons. The lowest BCUT2D eigenvalue weighted by Gasteiger charge is -2.38. The summed E-state index contributed by atoms with van der Waals surface area (Å²) in [5.74, 6) is 0.184. The number of rotatable bonds is 0. The van der Waals surface area contributed by atoms with E-state index in [0.717, 1.165) is 32.7 Å². The lowest BCUT2D eigenvalue weighted by Crippen LogP contribution is -2.62. The Morgan fingerprint density at radius 3 is 3.00 bits per heavy atom. The Kier molecular flexibility index (Phi) is 1.79. The van der Waals surface area contributed by atoms with Gasteiger partial charge in [-0.25, -0.2) is 0 Å². The molecule has 1 amide bonds. The van der Waals surface area contributed by atoms with Gasteiger partial charge in [0.2, 0.25) is 5.91 Å². The number of hydrogen-bond acceptors (Lipinski definition) is 3. The van der Waals surface area contributed by atoms with Crippen LogP contribution in [-0.4, -0.2) is 49.6 Å². The van der Waals surface area contributed by atoms with Crippen LogP contribution in [0, 0.1) is 0 Å². The predicted molar refractivity (Wildman–Crippen MR) is 41.2 cm³/mol. The third-order valence-electron chi connectivity index (χ3n) is 2.36. The maximum atomic E-state index is 11.2. The minimum atomic E-state index is 0.0949. The van der Waals surface area contributed by atoms with E-state index in [4.69, 9.17) is 0 Å². The van der Waals surface area contributed by atoms with Crippen LogP contribution in [0.3, 0.4) is 0 Å². The molecule has 2 N–H and O–H groups in total. The first kappa shape index (κ1) is 7.06. The number of carbonyl (C=O) groups is 1. The molecule has 4 heteroatoms. The van der Waals surface area contributed by atoms with Crippen LogP contribution in [-0.2, 0) is 4.79 Å². The van der Waals surface area contributed by atoms with E-state index in [1.54, 1.807) is 0 Å². The summed E-state index contributed by atoms with van der Waals surface area (Å²) < 4.78 is 0. The third kappa shape index (κ3) is 1.23. The Morgan fingerprint density at radius 2 is 2.18 bits per heavy atom. The summed E-state index contributed by atoms with van der Waals surface area (Å²) in [5, 5.41) is 6.07. The van der Waals surface area contributed by atoms with Crippen molar-refractivity contribution >= 4 is 5.91 Å². The molecule has 0 spiro atoms. The SMILES string of the molecule is O=C1NCCN2CCNC[C@H]12. The van der Waals surface area contributed by atoms with Crippen molar-refractivity contribution in [2.75, 3.05) is 32.7 Å². The van der Waals surface area contributed by atoms with Gasteiger partial charge in [-0.3, -0.25) is 9.69 Å². The van der Waals surface area contributed by atoms with E-state index in [2.05, 4.69) is 15.5 Å². The smallest absolute Gasteiger partial charge is 0.238 e. The molecule has 4 nitrogen and oxygen atoms in total. The van der Waals surface area contributed by atoms with Crippen molar-refractivity contribution in [2.24, 2.45) is 0 Å². The molecule has 0 aromatic heterocycles. The number of fused-ring (bicyclic) bond motifs is 1. The third-order valence-corrected chi connectivity index (χ3v) is 2.36. The number of carbonyl (C=O) groups excluding carboxylic acids is 1. The fourth-order valence-electron chi connectivity index (χ4n) is 1.71. The van der Waals surface area contributed by atoms with Crippen LogP contribution in [0.4, 0.5) is 0 Å². The Morgan fingerprint density at radius 1 is 1.36 bits per heavy atom. The number of nitrogens with one attached hydrogen (secondary N) is 2. The molecule has 1 atom stereocenters. The molecule has 0 bridgehead atoms. The average Bonchev–Trinajstić information content (AvgIpc) is 2.06. The lowest BCUT2D eigenvalue weighted by molar-refractivity contribution is -0.129. The summed E-state index contributed by atoms with van der Waals surface area (Å²) >= 11 is 0. The van der Waals surface area contributed by atoms with E-state index < -0.39 is 0 Å². The maximum Gasteiger partial charge on any atom is 0.238 e. The van der Waals surface area contributed by atoms with Crippen molar-refractivity contribution in [3.8, 4) is 0 Å². The highest BCUT2D eigenvalue weighted by molar-refractivity contribution is 5.82. The van der Waals surface area contributed by atoms with Crippen LogP contribution in [0.15, 0.2) is 0 Å². The van der Waals surface area contributed by atoms with Crippen molar-refractivity contribution in [3.63, 3.8) is 0 Å². The van der Waals surface area contributed by atoms with Crippen LogP contribution in [0.1, 0.15) is 0 Å². The zero-order chi connectivity index (χ0) is 7.68. The van der Waals surface area contributed by atoms with E-state index in [9.17, 15) is 4.79 Å². The largest absolute Gasteiger partial charge is 0.353 e. The summed E-state index contributed by atoms with van der Waals surface area (Å²) in [6.45, 7) is 4.67. The Labute approximate surface area is 65.9 Å². The maximum absolute atomic E-state index is 11.2. The second-order valence-electron chi connectivity index (χ2n) is 3.05. The summed E-state index contributed by atoms with van der Waals surface area (Å²) in [6.07, 6.45) is 0. The topological polar surface area (TPSA) is 44.4 Å². The predicted octanol–water partition coefficient (Wildman–Crippen LogP) is -1.61. The second-order valence-corrected chi connectivity index (χ2v) is 3.05. The quantitative estimate of drug-likeness (QED) is 0.442. The molecule has 2 fully saturated rings. The highest BCUT2D eigenvalue weighted by atomic mass is 16.2. The standard InChI is InChI=1S/C7H13N3O/c11-7-6-5-8-1-3-10(6)4-2-9-7/h6,8H,1-5H2,(H,9,11)/t6-/m1/s1. The molecule has 2 aliphatic heterocycles. The van der Waals surface area contributed by atoms with Crippen molar-refractivity contribution < 1.29 is 4.79 Å². The molecular formula is C7H13N3O. The van der Waals surface area contributed by atoms with Gasteiger partial charge in [0.15, 0.2) is 0 Å². The number of nitrogens with zero attached hydrogens (tertiary/aromatic N) is 1. The van der Waals surface area contributed by atoms with Gasteiger partial charge in [-0.15, -0.1) is 0 Å².